The van der Waals surface area contributed by atoms with Gasteiger partial charge in [0.2, 0.25) is 11.8 Å². The van der Waals surface area contributed by atoms with Gasteiger partial charge in [0.25, 0.3) is 5.22 Å². The van der Waals surface area contributed by atoms with Crippen LogP contribution in [0, 0.1) is 0 Å². The highest BCUT2D eigenvalue weighted by Gasteiger charge is 2.20. The molecule has 0 fully saturated rings. The van der Waals surface area contributed by atoms with Crippen molar-refractivity contribution in [2.24, 2.45) is 0 Å². The number of carbonyl (C=O) groups excluding carboxylic acids is 1. The minimum Gasteiger partial charge on any atom is -0.411 e. The molecule has 0 aliphatic carbocycles. The number of pyridine rings is 1. The molecule has 0 radical (unpaired) electrons. The molecule has 4 aromatic rings. The summed E-state index contributed by atoms with van der Waals surface area (Å²) in [4.78, 5) is 18.8. The average molecular weight is 435 g/mol. The molecule has 0 spiro atoms. The molecule has 2 aromatic heterocycles. The molecule has 0 aliphatic heterocycles. The average Bonchev–Trinajstić information content (AvgIpc) is 3.25. The van der Waals surface area contributed by atoms with Crippen molar-refractivity contribution in [3.05, 3.63) is 79.1 Å². The smallest absolute Gasteiger partial charge is 0.277 e. The van der Waals surface area contributed by atoms with Crippen LogP contribution in [0.15, 0.2) is 98.6 Å². The fraction of sp³-hybridized carbons (Fsp3) is 0.0909. The summed E-state index contributed by atoms with van der Waals surface area (Å²) in [5, 5.41) is 11.0. The minimum atomic E-state index is -0.412. The van der Waals surface area contributed by atoms with Crippen molar-refractivity contribution in [1.29, 1.82) is 0 Å². The summed E-state index contributed by atoms with van der Waals surface area (Å²) in [7, 11) is 0. The lowest BCUT2D eigenvalue weighted by atomic mass is 10.3. The van der Waals surface area contributed by atoms with Gasteiger partial charge < -0.3 is 9.73 Å². The van der Waals surface area contributed by atoms with E-state index in [0.717, 1.165) is 21.0 Å². The molecule has 1 unspecified atom stereocenters. The molecule has 0 saturated carbocycles. The Bertz CT molecular complexity index is 1120. The maximum atomic E-state index is 12.8. The molecule has 2 aromatic carbocycles. The number of para-hydroxylation sites is 1. The van der Waals surface area contributed by atoms with E-state index in [-0.39, 0.29) is 5.91 Å². The predicted molar refractivity (Wildman–Crippen MR) is 118 cm³/mol. The van der Waals surface area contributed by atoms with Crippen molar-refractivity contribution in [1.82, 2.24) is 15.2 Å². The van der Waals surface area contributed by atoms with E-state index >= 15 is 0 Å². The zero-order valence-electron chi connectivity index (χ0n) is 16.1. The maximum Gasteiger partial charge on any atom is 0.277 e. The van der Waals surface area contributed by atoms with Crippen molar-refractivity contribution < 1.29 is 9.21 Å². The van der Waals surface area contributed by atoms with E-state index in [1.165, 1.54) is 11.8 Å². The van der Waals surface area contributed by atoms with E-state index in [0.29, 0.717) is 11.1 Å². The van der Waals surface area contributed by atoms with Crippen LogP contribution >= 0.6 is 23.5 Å². The zero-order valence-corrected chi connectivity index (χ0v) is 17.7. The number of thioether (sulfide) groups is 1. The first-order valence-corrected chi connectivity index (χ1v) is 10.9. The summed E-state index contributed by atoms with van der Waals surface area (Å²) >= 11 is 2.83. The topological polar surface area (TPSA) is 80.9 Å². The van der Waals surface area contributed by atoms with Crippen LogP contribution in [0.1, 0.15) is 6.92 Å². The summed E-state index contributed by atoms with van der Waals surface area (Å²) in [5.74, 6) is 0.266. The van der Waals surface area contributed by atoms with Gasteiger partial charge in [-0.05, 0) is 43.3 Å². The first-order valence-electron chi connectivity index (χ1n) is 9.22. The van der Waals surface area contributed by atoms with Gasteiger partial charge in [0, 0.05) is 27.7 Å². The summed E-state index contributed by atoms with van der Waals surface area (Å²) in [6, 6.07) is 21.4. The van der Waals surface area contributed by atoms with E-state index in [1.807, 2.05) is 61.5 Å². The van der Waals surface area contributed by atoms with Gasteiger partial charge >= 0.3 is 0 Å². The molecular formula is C22H18N4O2S2. The number of nitrogens with zero attached hydrogens (tertiary/aromatic N) is 3. The Kier molecular flexibility index (Phi) is 6.46. The van der Waals surface area contributed by atoms with Crippen LogP contribution < -0.4 is 5.32 Å². The fourth-order valence-electron chi connectivity index (χ4n) is 2.58. The first kappa shape index (κ1) is 20.2. The van der Waals surface area contributed by atoms with E-state index in [1.54, 1.807) is 36.3 Å². The molecule has 8 heteroatoms. The molecule has 150 valence electrons. The number of hydrogen-bond acceptors (Lipinski definition) is 7. The highest BCUT2D eigenvalue weighted by Crippen LogP contribution is 2.34. The SMILES string of the molecule is CC(Sc1nnc(-c2ccncc2)o1)C(=O)Nc1ccccc1Sc1ccccc1. The van der Waals surface area contributed by atoms with Crippen LogP contribution in [0.3, 0.4) is 0 Å². The largest absolute Gasteiger partial charge is 0.411 e. The molecule has 30 heavy (non-hydrogen) atoms. The molecule has 2 heterocycles. The van der Waals surface area contributed by atoms with Crippen LogP contribution in [0.2, 0.25) is 0 Å². The third-order valence-electron chi connectivity index (χ3n) is 4.10. The van der Waals surface area contributed by atoms with Crippen LogP contribution in [0.4, 0.5) is 5.69 Å². The number of benzene rings is 2. The van der Waals surface area contributed by atoms with Gasteiger partial charge in [-0.3, -0.25) is 9.78 Å². The van der Waals surface area contributed by atoms with E-state index in [4.69, 9.17) is 4.42 Å². The summed E-state index contributed by atoms with van der Waals surface area (Å²) in [6.45, 7) is 1.81. The molecule has 1 amide bonds. The van der Waals surface area contributed by atoms with Gasteiger partial charge in [0.1, 0.15) is 0 Å². The monoisotopic (exact) mass is 434 g/mol. The Labute approximate surface area is 182 Å². The number of amides is 1. The Balaban J connectivity index is 1.41. The Morgan fingerprint density at radius 3 is 2.50 bits per heavy atom. The highest BCUT2D eigenvalue weighted by atomic mass is 32.2. The van der Waals surface area contributed by atoms with E-state index in [9.17, 15) is 4.79 Å². The van der Waals surface area contributed by atoms with Crippen molar-refractivity contribution in [2.75, 3.05) is 5.32 Å². The normalized spacial score (nSPS) is 11.8. The third kappa shape index (κ3) is 5.08. The van der Waals surface area contributed by atoms with Crippen LogP contribution in [-0.2, 0) is 4.79 Å². The minimum absolute atomic E-state index is 0.134. The number of aromatic nitrogens is 3. The van der Waals surface area contributed by atoms with Gasteiger partial charge in [-0.1, -0.05) is 53.9 Å². The quantitative estimate of drug-likeness (QED) is 0.390. The number of carbonyl (C=O) groups is 1. The molecule has 0 bridgehead atoms. The van der Waals surface area contributed by atoms with Gasteiger partial charge in [0.15, 0.2) is 0 Å². The van der Waals surface area contributed by atoms with Gasteiger partial charge in [-0.2, -0.15) is 0 Å². The maximum absolute atomic E-state index is 12.8. The van der Waals surface area contributed by atoms with Crippen molar-refractivity contribution in [2.45, 2.75) is 27.2 Å². The van der Waals surface area contributed by atoms with Crippen molar-refractivity contribution in [3.8, 4) is 11.5 Å². The lowest BCUT2D eigenvalue weighted by molar-refractivity contribution is -0.115. The Morgan fingerprint density at radius 1 is 0.967 bits per heavy atom. The molecule has 0 saturated heterocycles. The lowest BCUT2D eigenvalue weighted by Gasteiger charge is -2.13. The second-order valence-corrected chi connectivity index (χ2v) is 8.68. The molecule has 1 N–H and O–H groups in total. The number of hydrogen-bond donors (Lipinski definition) is 1. The summed E-state index contributed by atoms with van der Waals surface area (Å²) in [6.07, 6.45) is 3.32. The van der Waals surface area contributed by atoms with Gasteiger partial charge in [-0.25, -0.2) is 0 Å². The van der Waals surface area contributed by atoms with Gasteiger partial charge in [-0.15, -0.1) is 10.2 Å². The van der Waals surface area contributed by atoms with Crippen LogP contribution in [0.25, 0.3) is 11.5 Å². The Hall–Kier alpha value is -3.10. The number of rotatable bonds is 7. The van der Waals surface area contributed by atoms with Crippen molar-refractivity contribution in [3.63, 3.8) is 0 Å². The van der Waals surface area contributed by atoms with Crippen LogP contribution in [-0.4, -0.2) is 26.3 Å². The second kappa shape index (κ2) is 9.60. The first-order chi connectivity index (χ1) is 14.7. The predicted octanol–water partition coefficient (Wildman–Crippen LogP) is 5.40. The van der Waals surface area contributed by atoms with Gasteiger partial charge in [0.05, 0.1) is 10.9 Å². The molecular weight excluding hydrogens is 416 g/mol. The van der Waals surface area contributed by atoms with E-state index in [2.05, 4.69) is 20.5 Å². The molecule has 0 aliphatic rings. The molecule has 1 atom stereocenters. The fourth-order valence-corrected chi connectivity index (χ4v) is 4.19. The lowest BCUT2D eigenvalue weighted by Crippen LogP contribution is -2.22. The summed E-state index contributed by atoms with van der Waals surface area (Å²) < 4.78 is 5.67. The Morgan fingerprint density at radius 2 is 1.70 bits per heavy atom. The number of nitrogens with one attached hydrogen (secondary N) is 1. The summed E-state index contributed by atoms with van der Waals surface area (Å²) in [5.41, 5.74) is 1.56. The van der Waals surface area contributed by atoms with E-state index < -0.39 is 5.25 Å². The number of anilines is 1. The standard InChI is InChI=1S/C22H18N4O2S2/c1-15(29-22-26-25-21(28-22)16-11-13-23-14-12-16)20(27)24-18-9-5-6-10-19(18)30-17-7-3-2-4-8-17/h2-15H,1H3,(H,24,27). The second-order valence-electron chi connectivity index (χ2n) is 6.27. The molecule has 4 rings (SSSR count). The molecule has 6 nitrogen and oxygen atoms in total. The zero-order chi connectivity index (χ0) is 20.8. The van der Waals surface area contributed by atoms with Crippen molar-refractivity contribution >= 4 is 35.1 Å². The third-order valence-corrected chi connectivity index (χ3v) is 6.11. The van der Waals surface area contributed by atoms with Crippen LogP contribution in [0.5, 0.6) is 0 Å². The highest BCUT2D eigenvalue weighted by molar-refractivity contribution is 8.00.